The molecule has 0 spiro atoms. The quantitative estimate of drug-likeness (QED) is 0.806. The van der Waals surface area contributed by atoms with Crippen molar-refractivity contribution < 1.29 is 0 Å². The summed E-state index contributed by atoms with van der Waals surface area (Å²) in [5.41, 5.74) is 0. The Bertz CT molecular complexity index is 613. The number of rotatable bonds is 6. The third kappa shape index (κ3) is 4.58. The molecule has 0 aliphatic carbocycles. The van der Waals surface area contributed by atoms with Crippen LogP contribution in [-0.4, -0.2) is 65.1 Å². The topological polar surface area (TPSA) is 57.2 Å². The summed E-state index contributed by atoms with van der Waals surface area (Å²) in [7, 11) is 0. The second-order valence-electron chi connectivity index (χ2n) is 5.98. The van der Waals surface area contributed by atoms with Crippen LogP contribution in [0.3, 0.4) is 0 Å². The van der Waals surface area contributed by atoms with Crippen LogP contribution >= 0.6 is 11.8 Å². The predicted molar refractivity (Wildman–Crippen MR) is 99.8 cm³/mol. The molecule has 3 rings (SSSR count). The molecule has 2 aromatic heterocycles. The molecular formula is C17H24N6S. The second kappa shape index (κ2) is 8.30. The van der Waals surface area contributed by atoms with Crippen LogP contribution in [0.5, 0.6) is 0 Å². The van der Waals surface area contributed by atoms with E-state index in [1.165, 1.54) is 0 Å². The summed E-state index contributed by atoms with van der Waals surface area (Å²) >= 11 is 1.60. The molecule has 0 amide bonds. The number of pyridine rings is 1. The van der Waals surface area contributed by atoms with Crippen molar-refractivity contribution in [1.29, 1.82) is 0 Å². The first kappa shape index (κ1) is 17.0. The number of piperazine rings is 1. The van der Waals surface area contributed by atoms with Gasteiger partial charge in [-0.05, 0) is 37.4 Å². The van der Waals surface area contributed by atoms with Crippen molar-refractivity contribution in [1.82, 2.24) is 20.1 Å². The number of nitrogens with zero attached hydrogens (tertiary/aromatic N) is 5. The van der Waals surface area contributed by atoms with Crippen LogP contribution in [0.2, 0.25) is 0 Å². The zero-order valence-electron chi connectivity index (χ0n) is 14.2. The third-order valence-electron chi connectivity index (χ3n) is 4.12. The maximum atomic E-state index is 4.44. The molecule has 0 radical (unpaired) electrons. The van der Waals surface area contributed by atoms with Crippen molar-refractivity contribution in [2.75, 3.05) is 49.2 Å². The molecule has 1 atom stereocenters. The van der Waals surface area contributed by atoms with Gasteiger partial charge in [-0.3, -0.25) is 4.90 Å². The van der Waals surface area contributed by atoms with Gasteiger partial charge >= 0.3 is 0 Å². The molecule has 1 saturated heterocycles. The van der Waals surface area contributed by atoms with Gasteiger partial charge in [0.1, 0.15) is 16.7 Å². The number of anilines is 2. The number of aromatic nitrogens is 3. The summed E-state index contributed by atoms with van der Waals surface area (Å²) in [5, 5.41) is 12.8. The molecule has 7 heteroatoms. The van der Waals surface area contributed by atoms with Crippen molar-refractivity contribution in [3.63, 3.8) is 0 Å². The first-order valence-corrected chi connectivity index (χ1v) is 9.49. The molecule has 1 unspecified atom stereocenters. The molecule has 6 nitrogen and oxygen atoms in total. The van der Waals surface area contributed by atoms with Gasteiger partial charge in [0.05, 0.1) is 0 Å². The molecule has 1 N–H and O–H groups in total. The van der Waals surface area contributed by atoms with Gasteiger partial charge in [-0.15, -0.1) is 22.0 Å². The average molecular weight is 344 g/mol. The zero-order valence-corrected chi connectivity index (χ0v) is 15.0. The summed E-state index contributed by atoms with van der Waals surface area (Å²) in [6.07, 6.45) is 3.86. The Morgan fingerprint density at radius 1 is 1.12 bits per heavy atom. The van der Waals surface area contributed by atoms with E-state index < -0.39 is 0 Å². The fourth-order valence-electron chi connectivity index (χ4n) is 2.89. The molecule has 0 bridgehead atoms. The minimum atomic E-state index is 0.334. The van der Waals surface area contributed by atoms with Crippen LogP contribution in [0.4, 0.5) is 11.6 Å². The van der Waals surface area contributed by atoms with E-state index in [0.29, 0.717) is 6.04 Å². The largest absolute Gasteiger partial charge is 0.365 e. The van der Waals surface area contributed by atoms with E-state index in [1.54, 1.807) is 11.8 Å². The van der Waals surface area contributed by atoms with Crippen LogP contribution in [0.25, 0.3) is 0 Å². The molecule has 1 aliphatic rings. The Hall–Kier alpha value is -1.86. The molecule has 0 aromatic carbocycles. The van der Waals surface area contributed by atoms with Crippen LogP contribution < -0.4 is 10.2 Å². The molecule has 128 valence electrons. The van der Waals surface area contributed by atoms with Crippen LogP contribution in [0.15, 0.2) is 41.6 Å². The monoisotopic (exact) mass is 344 g/mol. The summed E-state index contributed by atoms with van der Waals surface area (Å²) < 4.78 is 0. The van der Waals surface area contributed by atoms with Gasteiger partial charge in [0.25, 0.3) is 0 Å². The SMILES string of the molecule is CSc1ccc(NC(C)CN2CCN(c3ccccn3)CC2)nn1. The normalized spacial score (nSPS) is 16.8. The minimum absolute atomic E-state index is 0.334. The van der Waals surface area contributed by atoms with Crippen molar-refractivity contribution >= 4 is 23.4 Å². The van der Waals surface area contributed by atoms with Crippen molar-refractivity contribution in [3.8, 4) is 0 Å². The minimum Gasteiger partial charge on any atom is -0.365 e. The Morgan fingerprint density at radius 3 is 2.58 bits per heavy atom. The highest BCUT2D eigenvalue weighted by molar-refractivity contribution is 7.98. The van der Waals surface area contributed by atoms with E-state index in [9.17, 15) is 0 Å². The van der Waals surface area contributed by atoms with E-state index in [4.69, 9.17) is 0 Å². The van der Waals surface area contributed by atoms with E-state index in [0.717, 1.165) is 49.4 Å². The molecule has 24 heavy (non-hydrogen) atoms. The van der Waals surface area contributed by atoms with E-state index in [-0.39, 0.29) is 0 Å². The lowest BCUT2D eigenvalue weighted by molar-refractivity contribution is 0.250. The third-order valence-corrected chi connectivity index (χ3v) is 4.76. The molecule has 1 aliphatic heterocycles. The highest BCUT2D eigenvalue weighted by atomic mass is 32.2. The average Bonchev–Trinajstić information content (AvgIpc) is 2.64. The smallest absolute Gasteiger partial charge is 0.148 e. The van der Waals surface area contributed by atoms with Crippen molar-refractivity contribution in [2.45, 2.75) is 18.0 Å². The molecule has 1 fully saturated rings. The summed E-state index contributed by atoms with van der Waals surface area (Å²) in [6, 6.07) is 10.4. The maximum Gasteiger partial charge on any atom is 0.148 e. The number of nitrogens with one attached hydrogen (secondary N) is 1. The van der Waals surface area contributed by atoms with E-state index in [2.05, 4.69) is 43.3 Å². The summed E-state index contributed by atoms with van der Waals surface area (Å²) in [6.45, 7) is 7.34. The molecule has 2 aromatic rings. The van der Waals surface area contributed by atoms with Gasteiger partial charge in [-0.25, -0.2) is 4.98 Å². The Labute approximate surface area is 147 Å². The highest BCUT2D eigenvalue weighted by Crippen LogP contribution is 2.14. The standard InChI is InChI=1S/C17H24N6S/c1-14(19-15-6-7-17(24-2)21-20-15)13-22-9-11-23(12-10-22)16-5-3-4-8-18-16/h3-8,14H,9-13H2,1-2H3,(H,19,20). The molecular weight excluding hydrogens is 320 g/mol. The summed E-state index contributed by atoms with van der Waals surface area (Å²) in [4.78, 5) is 9.27. The van der Waals surface area contributed by atoms with Crippen LogP contribution in [0.1, 0.15) is 6.92 Å². The van der Waals surface area contributed by atoms with Gasteiger partial charge in [0.2, 0.25) is 0 Å². The van der Waals surface area contributed by atoms with E-state index in [1.807, 2.05) is 36.7 Å². The number of hydrogen-bond acceptors (Lipinski definition) is 7. The van der Waals surface area contributed by atoms with Gasteiger partial charge < -0.3 is 10.2 Å². The lowest BCUT2D eigenvalue weighted by Crippen LogP contribution is -2.49. The Balaban J connectivity index is 1.45. The van der Waals surface area contributed by atoms with E-state index >= 15 is 0 Å². The number of thioether (sulfide) groups is 1. The van der Waals surface area contributed by atoms with Crippen molar-refractivity contribution in [3.05, 3.63) is 36.5 Å². The lowest BCUT2D eigenvalue weighted by Gasteiger charge is -2.36. The molecule has 0 saturated carbocycles. The number of hydrogen-bond donors (Lipinski definition) is 1. The van der Waals surface area contributed by atoms with Crippen molar-refractivity contribution in [2.24, 2.45) is 0 Å². The van der Waals surface area contributed by atoms with Crippen LogP contribution in [0, 0.1) is 0 Å². The fraction of sp³-hybridized carbons (Fsp3) is 0.471. The Kier molecular flexibility index (Phi) is 5.87. The molecule has 3 heterocycles. The Morgan fingerprint density at radius 2 is 1.96 bits per heavy atom. The summed E-state index contributed by atoms with van der Waals surface area (Å²) in [5.74, 6) is 1.92. The zero-order chi connectivity index (χ0) is 16.8. The van der Waals surface area contributed by atoms with Gasteiger partial charge in [-0.1, -0.05) is 6.07 Å². The highest BCUT2D eigenvalue weighted by Gasteiger charge is 2.19. The fourth-order valence-corrected chi connectivity index (χ4v) is 3.22. The van der Waals surface area contributed by atoms with Gasteiger partial charge in [-0.2, -0.15) is 0 Å². The first-order chi connectivity index (χ1) is 11.7. The van der Waals surface area contributed by atoms with Crippen LogP contribution in [-0.2, 0) is 0 Å². The van der Waals surface area contributed by atoms with Gasteiger partial charge in [0.15, 0.2) is 0 Å². The second-order valence-corrected chi connectivity index (χ2v) is 6.81. The first-order valence-electron chi connectivity index (χ1n) is 8.27. The lowest BCUT2D eigenvalue weighted by atomic mass is 10.2. The van der Waals surface area contributed by atoms with Gasteiger partial charge in [0, 0.05) is 45.0 Å². The maximum absolute atomic E-state index is 4.44. The predicted octanol–water partition coefficient (Wildman–Crippen LogP) is 2.22.